The van der Waals surface area contributed by atoms with Gasteiger partial charge in [0.05, 0.1) is 5.56 Å². The third-order valence-corrected chi connectivity index (χ3v) is 3.88. The topological polar surface area (TPSA) is 58.8 Å². The summed E-state index contributed by atoms with van der Waals surface area (Å²) in [5, 5.41) is 8.74. The van der Waals surface area contributed by atoms with Crippen LogP contribution in [0, 0.1) is 17.1 Å². The quantitative estimate of drug-likeness (QED) is 0.863. The van der Waals surface area contributed by atoms with Crippen LogP contribution in [0.3, 0.4) is 0 Å². The Morgan fingerprint density at radius 1 is 1.09 bits per heavy atom. The molecule has 1 fully saturated rings. The van der Waals surface area contributed by atoms with E-state index in [1.165, 1.54) is 31.4 Å². The molecule has 1 aliphatic carbocycles. The minimum absolute atomic E-state index is 0.0296. The number of nitriles is 1. The molecular weight excluding hydrogens is 281 g/mol. The Balaban J connectivity index is 1.73. The molecule has 4 nitrogen and oxygen atoms in total. The summed E-state index contributed by atoms with van der Waals surface area (Å²) in [6, 6.07) is 6.62. The van der Waals surface area contributed by atoms with E-state index in [-0.39, 0.29) is 11.7 Å². The van der Waals surface area contributed by atoms with Gasteiger partial charge in [0.25, 0.3) is 0 Å². The Morgan fingerprint density at radius 2 is 1.82 bits per heavy atom. The van der Waals surface area contributed by atoms with Crippen molar-refractivity contribution in [3.05, 3.63) is 42.0 Å². The molecule has 5 heteroatoms. The number of halogens is 1. The van der Waals surface area contributed by atoms with Gasteiger partial charge in [-0.15, -0.1) is 0 Å². The summed E-state index contributed by atoms with van der Waals surface area (Å²) in [5.41, 5.74) is 1.36. The van der Waals surface area contributed by atoms with Crippen molar-refractivity contribution in [3.8, 4) is 23.2 Å². The van der Waals surface area contributed by atoms with Gasteiger partial charge in [0.2, 0.25) is 0 Å². The van der Waals surface area contributed by atoms with Crippen molar-refractivity contribution in [3.63, 3.8) is 0 Å². The minimum atomic E-state index is -0.539. The molecule has 1 heterocycles. The molecule has 0 atom stereocenters. The van der Waals surface area contributed by atoms with Gasteiger partial charge in [0.1, 0.15) is 18.0 Å². The molecule has 1 saturated carbocycles. The van der Waals surface area contributed by atoms with E-state index in [1.54, 1.807) is 24.5 Å². The maximum Gasteiger partial charge on any atom is 0.316 e. The predicted octanol–water partition coefficient (Wildman–Crippen LogP) is 3.87. The van der Waals surface area contributed by atoms with Crippen LogP contribution in [-0.4, -0.2) is 16.1 Å². The maximum atomic E-state index is 13.6. The summed E-state index contributed by atoms with van der Waals surface area (Å²) in [5.74, 6) is -0.539. The number of benzene rings is 1. The van der Waals surface area contributed by atoms with E-state index in [1.807, 2.05) is 0 Å². The van der Waals surface area contributed by atoms with Crippen LogP contribution in [0.4, 0.5) is 4.39 Å². The number of ether oxygens (including phenoxy) is 1. The van der Waals surface area contributed by atoms with Gasteiger partial charge in [-0.3, -0.25) is 0 Å². The molecule has 0 N–H and O–H groups in total. The molecule has 0 amide bonds. The van der Waals surface area contributed by atoms with E-state index < -0.39 is 5.82 Å². The smallest absolute Gasteiger partial charge is 0.316 e. The van der Waals surface area contributed by atoms with Gasteiger partial charge in [-0.1, -0.05) is 12.5 Å². The van der Waals surface area contributed by atoms with Crippen LogP contribution >= 0.6 is 0 Å². The lowest BCUT2D eigenvalue weighted by Crippen LogP contribution is -2.20. The van der Waals surface area contributed by atoms with Crippen LogP contribution in [0.15, 0.2) is 30.6 Å². The Labute approximate surface area is 128 Å². The first kappa shape index (κ1) is 14.5. The van der Waals surface area contributed by atoms with Crippen molar-refractivity contribution in [2.24, 2.45) is 0 Å². The Kier molecular flexibility index (Phi) is 4.29. The molecule has 0 bridgehead atoms. The highest BCUT2D eigenvalue weighted by atomic mass is 19.1. The van der Waals surface area contributed by atoms with Gasteiger partial charge < -0.3 is 4.74 Å². The SMILES string of the molecule is N#Cc1ccc(-c2cnc(OC3CCCCC3)nc2)cc1F. The number of nitrogens with zero attached hydrogens (tertiary/aromatic N) is 3. The number of hydrogen-bond acceptors (Lipinski definition) is 4. The lowest BCUT2D eigenvalue weighted by Gasteiger charge is -2.21. The van der Waals surface area contributed by atoms with Crippen molar-refractivity contribution in [1.82, 2.24) is 9.97 Å². The Morgan fingerprint density at radius 3 is 2.45 bits per heavy atom. The Bertz CT molecular complexity index is 688. The van der Waals surface area contributed by atoms with E-state index in [9.17, 15) is 4.39 Å². The van der Waals surface area contributed by atoms with Gasteiger partial charge in [0, 0.05) is 18.0 Å². The van der Waals surface area contributed by atoms with Crippen LogP contribution in [-0.2, 0) is 0 Å². The highest BCUT2D eigenvalue weighted by Crippen LogP contribution is 2.24. The molecule has 1 aromatic carbocycles. The normalized spacial score (nSPS) is 15.3. The Hall–Kier alpha value is -2.48. The van der Waals surface area contributed by atoms with Gasteiger partial charge in [0.15, 0.2) is 0 Å². The maximum absolute atomic E-state index is 13.6. The molecule has 0 radical (unpaired) electrons. The van der Waals surface area contributed by atoms with Crippen molar-refractivity contribution in [2.75, 3.05) is 0 Å². The van der Waals surface area contributed by atoms with Gasteiger partial charge in [-0.2, -0.15) is 5.26 Å². The van der Waals surface area contributed by atoms with E-state index in [4.69, 9.17) is 10.00 Å². The average molecular weight is 297 g/mol. The van der Waals surface area contributed by atoms with Crippen molar-refractivity contribution in [2.45, 2.75) is 38.2 Å². The van der Waals surface area contributed by atoms with Gasteiger partial charge in [-0.05, 0) is 43.4 Å². The molecule has 1 aliphatic rings. The number of aromatic nitrogens is 2. The second kappa shape index (κ2) is 6.52. The van der Waals surface area contributed by atoms with Crippen LogP contribution in [0.2, 0.25) is 0 Å². The standard InChI is InChI=1S/C17H16FN3O/c18-16-8-12(6-7-13(16)9-19)14-10-20-17(21-11-14)22-15-4-2-1-3-5-15/h6-8,10-11,15H,1-5H2. The molecule has 2 aromatic rings. The highest BCUT2D eigenvalue weighted by Gasteiger charge is 2.16. The summed E-state index contributed by atoms with van der Waals surface area (Å²) < 4.78 is 19.4. The molecule has 0 saturated heterocycles. The first-order chi connectivity index (χ1) is 10.8. The predicted molar refractivity (Wildman–Crippen MR) is 79.6 cm³/mol. The van der Waals surface area contributed by atoms with E-state index in [0.717, 1.165) is 12.8 Å². The molecule has 0 aliphatic heterocycles. The second-order valence-corrected chi connectivity index (χ2v) is 5.44. The number of rotatable bonds is 3. The third kappa shape index (κ3) is 3.22. The second-order valence-electron chi connectivity index (χ2n) is 5.44. The molecule has 0 spiro atoms. The van der Waals surface area contributed by atoms with E-state index in [2.05, 4.69) is 9.97 Å². The van der Waals surface area contributed by atoms with Crippen molar-refractivity contribution >= 4 is 0 Å². The first-order valence-corrected chi connectivity index (χ1v) is 7.45. The fraction of sp³-hybridized carbons (Fsp3) is 0.353. The van der Waals surface area contributed by atoms with Crippen LogP contribution in [0.1, 0.15) is 37.7 Å². The summed E-state index contributed by atoms with van der Waals surface area (Å²) in [6.45, 7) is 0. The lowest BCUT2D eigenvalue weighted by molar-refractivity contribution is 0.142. The molecule has 0 unspecified atom stereocenters. The zero-order valence-corrected chi connectivity index (χ0v) is 12.1. The minimum Gasteiger partial charge on any atom is -0.460 e. The largest absolute Gasteiger partial charge is 0.460 e. The van der Waals surface area contributed by atoms with Gasteiger partial charge in [-0.25, -0.2) is 14.4 Å². The van der Waals surface area contributed by atoms with Crippen LogP contribution in [0.25, 0.3) is 11.1 Å². The van der Waals surface area contributed by atoms with E-state index in [0.29, 0.717) is 17.1 Å². The summed E-state index contributed by atoms with van der Waals surface area (Å²) >= 11 is 0. The van der Waals surface area contributed by atoms with Crippen molar-refractivity contribution < 1.29 is 9.13 Å². The first-order valence-electron chi connectivity index (χ1n) is 7.45. The molecular formula is C17H16FN3O. The summed E-state index contributed by atoms with van der Waals surface area (Å²) in [7, 11) is 0. The fourth-order valence-corrected chi connectivity index (χ4v) is 2.64. The summed E-state index contributed by atoms with van der Waals surface area (Å²) in [4.78, 5) is 8.40. The highest BCUT2D eigenvalue weighted by molar-refractivity contribution is 5.62. The monoisotopic (exact) mass is 297 g/mol. The van der Waals surface area contributed by atoms with E-state index >= 15 is 0 Å². The fourth-order valence-electron chi connectivity index (χ4n) is 2.64. The average Bonchev–Trinajstić information content (AvgIpc) is 2.56. The molecule has 1 aromatic heterocycles. The third-order valence-electron chi connectivity index (χ3n) is 3.88. The van der Waals surface area contributed by atoms with Crippen LogP contribution < -0.4 is 4.74 Å². The zero-order chi connectivity index (χ0) is 15.4. The summed E-state index contributed by atoms with van der Waals surface area (Å²) in [6.07, 6.45) is 9.17. The lowest BCUT2D eigenvalue weighted by atomic mass is 9.98. The number of hydrogen-bond donors (Lipinski definition) is 0. The van der Waals surface area contributed by atoms with Crippen molar-refractivity contribution in [1.29, 1.82) is 5.26 Å². The van der Waals surface area contributed by atoms with Gasteiger partial charge >= 0.3 is 6.01 Å². The zero-order valence-electron chi connectivity index (χ0n) is 12.1. The molecule has 112 valence electrons. The molecule has 22 heavy (non-hydrogen) atoms. The molecule has 3 rings (SSSR count). The van der Waals surface area contributed by atoms with Crippen LogP contribution in [0.5, 0.6) is 6.01 Å².